The highest BCUT2D eigenvalue weighted by molar-refractivity contribution is 5.99. The molecule has 0 aromatic heterocycles. The fourth-order valence-corrected chi connectivity index (χ4v) is 7.84. The number of likely N-dealkylation sites (tertiary alicyclic amines) is 1. The lowest BCUT2D eigenvalue weighted by Crippen LogP contribution is -2.63. The first-order chi connectivity index (χ1) is 36.1. The van der Waals surface area contributed by atoms with Gasteiger partial charge in [0.2, 0.25) is 59.1 Å². The molecular weight excluding hydrogens is 1010 g/mol. The van der Waals surface area contributed by atoms with E-state index in [4.69, 9.17) is 0 Å². The number of carboxylic acids is 1. The van der Waals surface area contributed by atoms with E-state index in [2.05, 4.69) is 47.9 Å². The summed E-state index contributed by atoms with van der Waals surface area (Å²) < 4.78 is 0. The summed E-state index contributed by atoms with van der Waals surface area (Å²) in [7, 11) is 0. The summed E-state index contributed by atoms with van der Waals surface area (Å²) >= 11 is 0. The van der Waals surface area contributed by atoms with Crippen molar-refractivity contribution in [2.24, 2.45) is 0 Å². The molecule has 1 heterocycles. The number of hydrogen-bond acceptors (Lipinski definition) is 16. The number of nitrogens with one attached hydrogen (secondary N) is 9. The molecule has 0 saturated carbocycles. The zero-order valence-electron chi connectivity index (χ0n) is 43.7. The van der Waals surface area contributed by atoms with E-state index in [0.29, 0.717) is 11.1 Å². The van der Waals surface area contributed by atoms with Crippen molar-refractivity contribution in [2.75, 3.05) is 13.2 Å². The second-order valence-corrected chi connectivity index (χ2v) is 18.7. The fraction of sp³-hybridized carbons (Fsp3) is 0.520. The van der Waals surface area contributed by atoms with E-state index in [1.54, 1.807) is 42.5 Å². The molecular formula is C50H70N10O17. The minimum absolute atomic E-state index is 0.0201. The van der Waals surface area contributed by atoms with Gasteiger partial charge < -0.3 is 78.3 Å². The van der Waals surface area contributed by atoms with E-state index in [0.717, 1.165) is 25.7 Å². The van der Waals surface area contributed by atoms with Gasteiger partial charge in [-0.05, 0) is 84.1 Å². The van der Waals surface area contributed by atoms with Gasteiger partial charge in [-0.2, -0.15) is 0 Å². The monoisotopic (exact) mass is 1080 g/mol. The lowest BCUT2D eigenvalue weighted by Gasteiger charge is -2.32. The number of ketones is 1. The maximum absolute atomic E-state index is 14.0. The summed E-state index contributed by atoms with van der Waals surface area (Å²) in [6.07, 6.45) is -4.06. The number of Topliss-reactive ketones (excluding diaryl/α,β-unsaturated/α-hetero) is 1. The molecule has 1 aliphatic rings. The largest absolute Gasteiger partial charge is 0.508 e. The number of carboxylic acid groups (broad SMARTS) is 1. The summed E-state index contributed by atoms with van der Waals surface area (Å²) in [6.45, 7) is 7.52. The molecule has 77 heavy (non-hydrogen) atoms. The highest BCUT2D eigenvalue weighted by Crippen LogP contribution is 2.20. The number of benzene rings is 2. The molecule has 1 fully saturated rings. The number of rotatable bonds is 28. The number of phenols is 1. The van der Waals surface area contributed by atoms with Crippen molar-refractivity contribution in [1.82, 2.24) is 52.8 Å². The topological polar surface area (TPSA) is 417 Å². The molecule has 3 rings (SSSR count). The number of aliphatic carboxylic acids is 1. The second kappa shape index (κ2) is 29.9. The number of aliphatic hydroxyl groups excluding tert-OH is 3. The third-order valence-electron chi connectivity index (χ3n) is 12.2. The van der Waals surface area contributed by atoms with Crippen LogP contribution in [0.15, 0.2) is 54.6 Å². The summed E-state index contributed by atoms with van der Waals surface area (Å²) in [5.74, 6) is -11.3. The predicted molar refractivity (Wildman–Crippen MR) is 270 cm³/mol. The van der Waals surface area contributed by atoms with Crippen LogP contribution >= 0.6 is 0 Å². The average molecular weight is 1080 g/mol. The van der Waals surface area contributed by atoms with Crippen LogP contribution in [-0.2, 0) is 70.4 Å². The fourth-order valence-electron chi connectivity index (χ4n) is 7.84. The first-order valence-electron chi connectivity index (χ1n) is 24.6. The molecule has 10 amide bonds. The van der Waals surface area contributed by atoms with Crippen molar-refractivity contribution in [3.63, 3.8) is 0 Å². The van der Waals surface area contributed by atoms with Crippen molar-refractivity contribution in [3.05, 3.63) is 65.7 Å². The number of amides is 10. The number of carbonyl (C=O) groups excluding carboxylic acids is 11. The van der Waals surface area contributed by atoms with Crippen LogP contribution in [0.3, 0.4) is 0 Å². The van der Waals surface area contributed by atoms with Crippen molar-refractivity contribution < 1.29 is 83.1 Å². The molecule has 422 valence electrons. The highest BCUT2D eigenvalue weighted by Gasteiger charge is 2.42. The van der Waals surface area contributed by atoms with Crippen molar-refractivity contribution >= 4 is 70.8 Å². The molecule has 0 radical (unpaired) electrons. The van der Waals surface area contributed by atoms with Crippen molar-refractivity contribution in [2.45, 2.75) is 153 Å². The second-order valence-electron chi connectivity index (χ2n) is 18.7. The Bertz CT molecular complexity index is 2460. The molecule has 2 aromatic carbocycles. The van der Waals surface area contributed by atoms with Crippen LogP contribution in [0.2, 0.25) is 0 Å². The van der Waals surface area contributed by atoms with Crippen LogP contribution in [-0.4, -0.2) is 187 Å². The van der Waals surface area contributed by atoms with Crippen LogP contribution in [0.4, 0.5) is 0 Å². The lowest BCUT2D eigenvalue weighted by molar-refractivity contribution is -0.145. The summed E-state index contributed by atoms with van der Waals surface area (Å²) in [4.78, 5) is 158. The van der Waals surface area contributed by atoms with Gasteiger partial charge in [-0.25, -0.2) is 0 Å². The van der Waals surface area contributed by atoms with Gasteiger partial charge in [0.1, 0.15) is 60.1 Å². The summed E-state index contributed by atoms with van der Waals surface area (Å²) in [5.41, 5.74) is 1.29. The number of nitrogens with zero attached hydrogens (tertiary/aromatic N) is 1. The normalized spacial score (nSPS) is 17.3. The lowest BCUT2D eigenvalue weighted by atomic mass is 10.0. The number of aromatic hydroxyl groups is 1. The van der Waals surface area contributed by atoms with Gasteiger partial charge in [0, 0.05) is 19.9 Å². The number of carbonyl (C=O) groups is 12. The van der Waals surface area contributed by atoms with E-state index in [-0.39, 0.29) is 43.8 Å². The Morgan fingerprint density at radius 3 is 1.55 bits per heavy atom. The average Bonchev–Trinajstić information content (AvgIpc) is 3.86. The Balaban J connectivity index is 1.66. The zero-order chi connectivity index (χ0) is 57.8. The van der Waals surface area contributed by atoms with E-state index in [9.17, 15) is 83.1 Å². The van der Waals surface area contributed by atoms with Crippen LogP contribution < -0.4 is 47.9 Å². The van der Waals surface area contributed by atoms with Gasteiger partial charge in [0.05, 0.1) is 31.3 Å². The summed E-state index contributed by atoms with van der Waals surface area (Å²) in [6, 6.07) is 0.0958. The Labute approximate surface area is 443 Å². The first kappa shape index (κ1) is 63.3. The molecule has 1 saturated heterocycles. The van der Waals surface area contributed by atoms with Gasteiger partial charge in [-0.1, -0.05) is 42.5 Å². The van der Waals surface area contributed by atoms with Crippen molar-refractivity contribution in [1.29, 1.82) is 0 Å². The third kappa shape index (κ3) is 19.9. The Morgan fingerprint density at radius 2 is 1.01 bits per heavy atom. The molecule has 14 N–H and O–H groups in total. The van der Waals surface area contributed by atoms with Crippen molar-refractivity contribution in [3.8, 4) is 5.75 Å². The van der Waals surface area contributed by atoms with E-state index in [1.165, 1.54) is 39.8 Å². The minimum atomic E-state index is -1.93. The summed E-state index contributed by atoms with van der Waals surface area (Å²) in [5, 5.41) is 70.9. The van der Waals surface area contributed by atoms with E-state index < -0.39 is 151 Å². The number of phenolic OH excluding ortho intramolecular Hbond substituents is 1. The smallest absolute Gasteiger partial charge is 0.305 e. The Hall–Kier alpha value is -8.04. The quantitative estimate of drug-likeness (QED) is 0.0381. The maximum atomic E-state index is 14.0. The molecule has 2 aromatic rings. The van der Waals surface area contributed by atoms with Gasteiger partial charge >= 0.3 is 5.97 Å². The standard InChI is InChI=1S/C50H70N10O17/c1-24(42(69)51-25(2)44(71)56-35(21-31-12-9-8-10-13-31)45(72)52-26(3)43(70)55-34(27(4)62)20-32-15-17-33(66)18-16-32)53-48(75)38-14-11-19-60(38)50(77)41(29(6)64)59-49(76)40(28(5)63)58-46(73)36(22-39(67)68)57-47(74)37(23-61)54-30(7)65/h8-10,12-13,15-18,24-26,28-29,34-38,40-41,61,63-64,66H,11,14,19-23H2,1-7H3,(H,51,69)(H,52,72)(H,53,75)(H,54,65)(H,55,70)(H,56,71)(H,57,74)(H,58,73)(H,59,76)(H,67,68)/t24-,25-,26-,28+,29+,34-,35-,36-,37-,38-,40-,41-/m0/s1. The van der Waals surface area contributed by atoms with Crippen LogP contribution in [0, 0.1) is 0 Å². The molecule has 0 aliphatic carbocycles. The SMILES string of the molecule is CC(=O)N[C@@H](CO)C(=O)N[C@@H](CC(=O)O)C(=O)N[C@H](C(=O)N[C@H](C(=O)N1CCC[C@H]1C(=O)N[C@@H](C)C(=O)N[C@@H](C)C(=O)N[C@@H](Cc1ccccc1)C(=O)N[C@@H](C)C(=O)N[C@@H](Cc1ccc(O)cc1)C(C)=O)[C@@H](C)O)[C@@H](C)O. The van der Waals surface area contributed by atoms with Crippen LogP contribution in [0.1, 0.15) is 78.9 Å². The third-order valence-corrected chi connectivity index (χ3v) is 12.2. The minimum Gasteiger partial charge on any atom is -0.508 e. The molecule has 0 spiro atoms. The van der Waals surface area contributed by atoms with E-state index in [1.807, 2.05) is 0 Å². The van der Waals surface area contributed by atoms with Crippen LogP contribution in [0.25, 0.3) is 0 Å². The Kier molecular flexibility index (Phi) is 24.6. The van der Waals surface area contributed by atoms with Gasteiger partial charge in [-0.15, -0.1) is 0 Å². The molecule has 27 nitrogen and oxygen atoms in total. The van der Waals surface area contributed by atoms with Gasteiger partial charge in [-0.3, -0.25) is 57.5 Å². The van der Waals surface area contributed by atoms with E-state index >= 15 is 0 Å². The molecule has 0 bridgehead atoms. The number of aliphatic hydroxyl groups is 3. The van der Waals surface area contributed by atoms with Gasteiger partial charge in [0.25, 0.3) is 0 Å². The molecule has 1 aliphatic heterocycles. The maximum Gasteiger partial charge on any atom is 0.305 e. The van der Waals surface area contributed by atoms with Crippen LogP contribution in [0.5, 0.6) is 5.75 Å². The van der Waals surface area contributed by atoms with Gasteiger partial charge in [0.15, 0.2) is 5.78 Å². The zero-order valence-corrected chi connectivity index (χ0v) is 43.7. The first-order valence-corrected chi connectivity index (χ1v) is 24.6. The molecule has 27 heteroatoms. The molecule has 0 unspecified atom stereocenters. The highest BCUT2D eigenvalue weighted by atomic mass is 16.4. The predicted octanol–water partition coefficient (Wildman–Crippen LogP) is -4.57. The molecule has 12 atom stereocenters. The number of hydrogen-bond donors (Lipinski definition) is 14. The Morgan fingerprint density at radius 1 is 0.545 bits per heavy atom.